The van der Waals surface area contributed by atoms with Gasteiger partial charge in [0, 0.05) is 5.75 Å². The molecule has 0 atom stereocenters. The fourth-order valence-corrected chi connectivity index (χ4v) is 7.34. The molecule has 0 unspecified atom stereocenters. The summed E-state index contributed by atoms with van der Waals surface area (Å²) < 4.78 is 0. The van der Waals surface area contributed by atoms with Crippen LogP contribution in [-0.2, 0) is 0 Å². The molecule has 0 saturated heterocycles. The minimum atomic E-state index is 0.0145. The average Bonchev–Trinajstić information content (AvgIpc) is 3.18. The van der Waals surface area contributed by atoms with E-state index in [1.807, 2.05) is 11.8 Å². The molecule has 0 saturated carbocycles. The van der Waals surface area contributed by atoms with Gasteiger partial charge in [0.1, 0.15) is 0 Å². The second-order valence-electron chi connectivity index (χ2n) is 12.5. The molecule has 0 bridgehead atoms. The first-order valence-corrected chi connectivity index (χ1v) is 18.3. The van der Waals surface area contributed by atoms with E-state index in [1.54, 1.807) is 0 Å². The van der Waals surface area contributed by atoms with Gasteiger partial charge in [0.25, 0.3) is 0 Å². The van der Waals surface area contributed by atoms with Gasteiger partial charge in [0.15, 0.2) is 0 Å². The summed E-state index contributed by atoms with van der Waals surface area (Å²) in [6, 6.07) is 68.7. The van der Waals surface area contributed by atoms with Gasteiger partial charge in [-0.3, -0.25) is 0 Å². The number of rotatable bonds is 10. The maximum absolute atomic E-state index is 2.34. The van der Waals surface area contributed by atoms with Crippen LogP contribution in [0.4, 0.5) is 0 Å². The van der Waals surface area contributed by atoms with Crippen LogP contribution in [0.3, 0.4) is 0 Å². The zero-order valence-corrected chi connectivity index (χ0v) is 28.9. The number of thioether (sulfide) groups is 1. The monoisotopic (exact) mass is 646 g/mol. The maximum Gasteiger partial charge on any atom is 0.242 e. The van der Waals surface area contributed by atoms with Crippen LogP contribution in [0.15, 0.2) is 188 Å². The van der Waals surface area contributed by atoms with Crippen LogP contribution < -0.4 is 10.9 Å². The van der Waals surface area contributed by atoms with E-state index in [2.05, 4.69) is 201 Å². The van der Waals surface area contributed by atoms with Crippen molar-refractivity contribution in [3.63, 3.8) is 0 Å². The summed E-state index contributed by atoms with van der Waals surface area (Å²) in [5.41, 5.74) is 16.4. The van der Waals surface area contributed by atoms with Gasteiger partial charge in [-0.15, -0.1) is 0 Å². The number of benzene rings is 7. The Morgan fingerprint density at radius 3 is 1.14 bits per heavy atom. The van der Waals surface area contributed by atoms with Gasteiger partial charge in [-0.1, -0.05) is 210 Å². The number of hydrogen-bond acceptors (Lipinski definition) is 1. The lowest BCUT2D eigenvalue weighted by atomic mass is 9.34. The molecule has 7 aromatic rings. The maximum atomic E-state index is 2.34. The predicted octanol–water partition coefficient (Wildman–Crippen LogP) is 11.1. The summed E-state index contributed by atoms with van der Waals surface area (Å²) in [6.45, 7) is 2.18. The van der Waals surface area contributed by atoms with Crippen molar-refractivity contribution in [1.29, 1.82) is 0 Å². The smallest absolute Gasteiger partial charge is 0.161 e. The molecule has 49 heavy (non-hydrogen) atoms. The molecule has 0 aliphatic rings. The van der Waals surface area contributed by atoms with E-state index in [0.717, 1.165) is 5.75 Å². The van der Waals surface area contributed by atoms with Gasteiger partial charge in [0.2, 0.25) is 6.71 Å². The fraction of sp³-hybridized carbons (Fsp3) is 0.0638. The summed E-state index contributed by atoms with van der Waals surface area (Å²) in [4.78, 5) is 0. The summed E-state index contributed by atoms with van der Waals surface area (Å²) in [6.07, 6.45) is 2.21. The molecular weight excluding hydrogens is 607 g/mol. The SMILES string of the molecule is CSC/C(=C(\B(c1ccc(-c2ccccc2)cc1)c1ccc(-c2ccccc2)cc1)c1ccc(-c2ccccc2)cc1)c1ccc(C)cc1. The third-order valence-corrected chi connectivity index (χ3v) is 9.89. The Labute approximate surface area is 296 Å². The Balaban J connectivity index is 1.44. The van der Waals surface area contributed by atoms with Gasteiger partial charge in [0.05, 0.1) is 0 Å². The zero-order chi connectivity index (χ0) is 33.4. The van der Waals surface area contributed by atoms with Crippen LogP contribution in [0.25, 0.3) is 44.4 Å². The van der Waals surface area contributed by atoms with Crippen molar-refractivity contribution in [3.8, 4) is 33.4 Å². The summed E-state index contributed by atoms with van der Waals surface area (Å²) in [5, 5.41) is 0. The Morgan fingerprint density at radius 2 is 0.755 bits per heavy atom. The van der Waals surface area contributed by atoms with Gasteiger partial charge in [-0.05, 0) is 63.3 Å². The van der Waals surface area contributed by atoms with E-state index in [9.17, 15) is 0 Å². The molecular formula is C47H39BS. The minimum absolute atomic E-state index is 0.0145. The predicted molar refractivity (Wildman–Crippen MR) is 217 cm³/mol. The van der Waals surface area contributed by atoms with E-state index < -0.39 is 0 Å². The largest absolute Gasteiger partial charge is 0.242 e. The molecule has 0 N–H and O–H groups in total. The average molecular weight is 647 g/mol. The van der Waals surface area contributed by atoms with Crippen LogP contribution in [-0.4, -0.2) is 18.7 Å². The first-order valence-electron chi connectivity index (χ1n) is 16.9. The summed E-state index contributed by atoms with van der Waals surface area (Å²) >= 11 is 1.88. The lowest BCUT2D eigenvalue weighted by molar-refractivity contribution is 1.45. The van der Waals surface area contributed by atoms with Crippen LogP contribution in [0.5, 0.6) is 0 Å². The number of hydrogen-bond donors (Lipinski definition) is 0. The second-order valence-corrected chi connectivity index (χ2v) is 13.4. The van der Waals surface area contributed by atoms with E-state index in [0.29, 0.717) is 0 Å². The standard InChI is InChI=1S/C47H39BS/c1-35-18-20-42(21-19-35)46(34-49-2)47(43-24-22-39(23-25-43)36-12-6-3-7-13-36)48(44-30-26-40(27-31-44)37-14-8-4-9-15-37)45-32-28-41(29-33-45)38-16-10-5-11-17-38/h3-33H,34H2,1-2H3/b47-46+. The highest BCUT2D eigenvalue weighted by Gasteiger charge is 2.29. The van der Waals surface area contributed by atoms with E-state index in [-0.39, 0.29) is 6.71 Å². The van der Waals surface area contributed by atoms with Crippen LogP contribution in [0.1, 0.15) is 16.7 Å². The molecule has 0 nitrogen and oxygen atoms in total. The van der Waals surface area contributed by atoms with Crippen molar-refractivity contribution in [2.75, 3.05) is 12.0 Å². The van der Waals surface area contributed by atoms with E-state index in [4.69, 9.17) is 0 Å². The van der Waals surface area contributed by atoms with Crippen LogP contribution in [0, 0.1) is 6.92 Å². The highest BCUT2D eigenvalue weighted by molar-refractivity contribution is 7.99. The summed E-state index contributed by atoms with van der Waals surface area (Å²) in [7, 11) is 0. The second kappa shape index (κ2) is 15.3. The Kier molecular flexibility index (Phi) is 10.1. The molecule has 0 heterocycles. The first-order chi connectivity index (χ1) is 24.2. The highest BCUT2D eigenvalue weighted by atomic mass is 32.2. The Bertz CT molecular complexity index is 2030. The lowest BCUT2D eigenvalue weighted by Crippen LogP contribution is -2.44. The normalized spacial score (nSPS) is 11.6. The van der Waals surface area contributed by atoms with Crippen LogP contribution >= 0.6 is 11.8 Å². The third kappa shape index (κ3) is 7.41. The van der Waals surface area contributed by atoms with Crippen molar-refractivity contribution in [1.82, 2.24) is 0 Å². The van der Waals surface area contributed by atoms with Gasteiger partial charge >= 0.3 is 0 Å². The fourth-order valence-electron chi connectivity index (χ4n) is 6.73. The lowest BCUT2D eigenvalue weighted by Gasteiger charge is -2.25. The third-order valence-electron chi connectivity index (χ3n) is 9.31. The molecule has 7 aromatic carbocycles. The molecule has 0 fully saturated rings. The Morgan fingerprint density at radius 1 is 0.408 bits per heavy atom. The van der Waals surface area contributed by atoms with Gasteiger partial charge < -0.3 is 0 Å². The van der Waals surface area contributed by atoms with Crippen molar-refractivity contribution in [2.24, 2.45) is 0 Å². The molecule has 7 rings (SSSR count). The van der Waals surface area contributed by atoms with E-state index >= 15 is 0 Å². The first kappa shape index (κ1) is 32.3. The molecule has 0 aliphatic carbocycles. The molecule has 0 amide bonds. The molecule has 2 heteroatoms. The van der Waals surface area contributed by atoms with Crippen LogP contribution in [0.2, 0.25) is 0 Å². The van der Waals surface area contributed by atoms with E-state index in [1.165, 1.54) is 72.0 Å². The molecule has 0 radical (unpaired) electrons. The topological polar surface area (TPSA) is 0 Å². The van der Waals surface area contributed by atoms with Crippen molar-refractivity contribution >= 4 is 40.4 Å². The Hall–Kier alpha value is -5.31. The van der Waals surface area contributed by atoms with Crippen molar-refractivity contribution < 1.29 is 0 Å². The molecule has 0 aromatic heterocycles. The van der Waals surface area contributed by atoms with Crippen molar-refractivity contribution in [2.45, 2.75) is 6.92 Å². The minimum Gasteiger partial charge on any atom is -0.161 e. The number of aryl methyl sites for hydroxylation is 1. The summed E-state index contributed by atoms with van der Waals surface area (Å²) in [5.74, 6) is 0.902. The van der Waals surface area contributed by atoms with Gasteiger partial charge in [-0.25, -0.2) is 0 Å². The quantitative estimate of drug-likeness (QED) is 0.105. The molecule has 0 aliphatic heterocycles. The molecule has 236 valence electrons. The van der Waals surface area contributed by atoms with Gasteiger partial charge in [-0.2, -0.15) is 11.8 Å². The zero-order valence-electron chi connectivity index (χ0n) is 28.1. The molecule has 0 spiro atoms. The highest BCUT2D eigenvalue weighted by Crippen LogP contribution is 2.33. The van der Waals surface area contributed by atoms with Crippen molar-refractivity contribution in [3.05, 3.63) is 205 Å².